The molecule has 4 rings (SSSR count). The molecule has 0 bridgehead atoms. The maximum absolute atomic E-state index is 13.1. The third-order valence-corrected chi connectivity index (χ3v) is 4.85. The highest BCUT2D eigenvalue weighted by Gasteiger charge is 2.37. The summed E-state index contributed by atoms with van der Waals surface area (Å²) < 4.78 is 5.71. The first-order valence-corrected chi connectivity index (χ1v) is 8.55. The van der Waals surface area contributed by atoms with Crippen molar-refractivity contribution in [1.29, 1.82) is 0 Å². The molecule has 1 amide bonds. The van der Waals surface area contributed by atoms with Crippen LogP contribution in [0.15, 0.2) is 46.9 Å². The first kappa shape index (κ1) is 16.4. The van der Waals surface area contributed by atoms with Crippen LogP contribution >= 0.6 is 0 Å². The first-order valence-electron chi connectivity index (χ1n) is 8.55. The zero-order valence-corrected chi connectivity index (χ0v) is 14.5. The van der Waals surface area contributed by atoms with Crippen molar-refractivity contribution in [3.8, 4) is 11.1 Å². The summed E-state index contributed by atoms with van der Waals surface area (Å²) in [6.45, 7) is 2.85. The lowest BCUT2D eigenvalue weighted by Crippen LogP contribution is -2.32. The van der Waals surface area contributed by atoms with Crippen LogP contribution in [-0.4, -0.2) is 40.1 Å². The van der Waals surface area contributed by atoms with Crippen LogP contribution in [0.3, 0.4) is 0 Å². The highest BCUT2D eigenvalue weighted by Crippen LogP contribution is 2.32. The Balaban J connectivity index is 1.62. The quantitative estimate of drug-likeness (QED) is 0.669. The molecular weight excluding hydrogens is 330 g/mol. The predicted octanol–water partition coefficient (Wildman–Crippen LogP) is 2.13. The van der Waals surface area contributed by atoms with E-state index >= 15 is 0 Å². The number of hydrogen-bond acceptors (Lipinski definition) is 5. The molecule has 0 radical (unpaired) electrons. The minimum Gasteiger partial charge on any atom is -0.466 e. The molecule has 2 aromatic heterocycles. The van der Waals surface area contributed by atoms with Crippen molar-refractivity contribution < 1.29 is 9.21 Å². The van der Waals surface area contributed by atoms with Crippen molar-refractivity contribution in [2.45, 2.75) is 18.9 Å². The van der Waals surface area contributed by atoms with Gasteiger partial charge >= 0.3 is 0 Å². The maximum Gasteiger partial charge on any atom is 0.272 e. The number of H-pyrrole nitrogens is 1. The SMILES string of the molecule is Cc1ccc([C@H]2CN(C(=O)c3[nH]nc(N)c3-c3ccccc3)C[C@@H]2N)o1. The number of aromatic amines is 1. The minimum absolute atomic E-state index is 0.0203. The second kappa shape index (κ2) is 6.34. The van der Waals surface area contributed by atoms with Crippen LogP contribution in [0.2, 0.25) is 0 Å². The summed E-state index contributed by atoms with van der Waals surface area (Å²) >= 11 is 0. The van der Waals surface area contributed by atoms with Crippen LogP contribution < -0.4 is 11.5 Å². The van der Waals surface area contributed by atoms with E-state index in [1.807, 2.05) is 49.4 Å². The number of likely N-dealkylation sites (tertiary alicyclic amines) is 1. The van der Waals surface area contributed by atoms with Gasteiger partial charge in [-0.2, -0.15) is 5.10 Å². The fourth-order valence-electron chi connectivity index (χ4n) is 3.51. The largest absolute Gasteiger partial charge is 0.466 e. The van der Waals surface area contributed by atoms with Gasteiger partial charge in [0, 0.05) is 19.1 Å². The fraction of sp³-hybridized carbons (Fsp3) is 0.263. The molecule has 26 heavy (non-hydrogen) atoms. The number of nitrogens with zero attached hydrogens (tertiary/aromatic N) is 2. The van der Waals surface area contributed by atoms with Crippen molar-refractivity contribution in [2.24, 2.45) is 5.73 Å². The van der Waals surface area contributed by atoms with Gasteiger partial charge in [-0.1, -0.05) is 30.3 Å². The number of aromatic nitrogens is 2. The normalized spacial score (nSPS) is 19.8. The smallest absolute Gasteiger partial charge is 0.272 e. The van der Waals surface area contributed by atoms with Gasteiger partial charge in [0.15, 0.2) is 5.82 Å². The summed E-state index contributed by atoms with van der Waals surface area (Å²) in [6.07, 6.45) is 0. The lowest BCUT2D eigenvalue weighted by Gasteiger charge is -2.16. The third kappa shape index (κ3) is 2.76. The first-order chi connectivity index (χ1) is 12.5. The predicted molar refractivity (Wildman–Crippen MR) is 98.5 cm³/mol. The monoisotopic (exact) mass is 351 g/mol. The zero-order chi connectivity index (χ0) is 18.3. The summed E-state index contributed by atoms with van der Waals surface area (Å²) in [7, 11) is 0. The summed E-state index contributed by atoms with van der Waals surface area (Å²) in [4.78, 5) is 14.8. The molecular formula is C19H21N5O2. The van der Waals surface area contributed by atoms with E-state index < -0.39 is 0 Å². The van der Waals surface area contributed by atoms with Gasteiger partial charge in [0.05, 0.1) is 11.5 Å². The van der Waals surface area contributed by atoms with E-state index in [2.05, 4.69) is 10.2 Å². The minimum atomic E-state index is -0.176. The number of furan rings is 1. The number of nitrogens with one attached hydrogen (secondary N) is 1. The molecule has 1 aliphatic heterocycles. The Morgan fingerprint density at radius 2 is 2.00 bits per heavy atom. The Hall–Kier alpha value is -3.06. The number of nitrogens with two attached hydrogens (primary N) is 2. The van der Waals surface area contributed by atoms with Gasteiger partial charge in [-0.05, 0) is 24.6 Å². The molecule has 3 aromatic rings. The van der Waals surface area contributed by atoms with Crippen LogP contribution in [0.25, 0.3) is 11.1 Å². The number of anilines is 1. The molecule has 0 saturated carbocycles. The van der Waals surface area contributed by atoms with E-state index in [1.54, 1.807) is 4.90 Å². The Morgan fingerprint density at radius 3 is 2.69 bits per heavy atom. The van der Waals surface area contributed by atoms with Crippen molar-refractivity contribution >= 4 is 11.7 Å². The summed E-state index contributed by atoms with van der Waals surface area (Å²) in [5.41, 5.74) is 14.1. The summed E-state index contributed by atoms with van der Waals surface area (Å²) in [5.74, 6) is 1.78. The Morgan fingerprint density at radius 1 is 1.23 bits per heavy atom. The number of carbonyl (C=O) groups is 1. The van der Waals surface area contributed by atoms with Crippen molar-refractivity contribution in [2.75, 3.05) is 18.8 Å². The number of rotatable bonds is 3. The number of nitrogen functional groups attached to an aromatic ring is 1. The van der Waals surface area contributed by atoms with Crippen molar-refractivity contribution in [3.63, 3.8) is 0 Å². The molecule has 7 heteroatoms. The Kier molecular flexibility index (Phi) is 4.00. The number of carbonyl (C=O) groups excluding carboxylic acids is 1. The van der Waals surface area contributed by atoms with Gasteiger partial charge in [-0.3, -0.25) is 9.89 Å². The number of benzene rings is 1. The van der Waals surface area contributed by atoms with Gasteiger partial charge in [-0.15, -0.1) is 0 Å². The molecule has 0 unspecified atom stereocenters. The molecule has 5 N–H and O–H groups in total. The van der Waals surface area contributed by atoms with E-state index in [9.17, 15) is 4.79 Å². The van der Waals surface area contributed by atoms with E-state index in [0.717, 1.165) is 17.1 Å². The molecule has 134 valence electrons. The molecule has 1 fully saturated rings. The number of aryl methyl sites for hydroxylation is 1. The number of amides is 1. The standard InChI is InChI=1S/C19H21N5O2/c1-11-7-8-15(26-11)13-9-24(10-14(13)20)19(25)17-16(18(21)23-22-17)12-5-3-2-4-6-12/h2-8,13-14H,9-10,20H2,1H3,(H3,21,22,23)/t13-,14-/m0/s1. The molecule has 0 aliphatic carbocycles. The Bertz CT molecular complexity index is 931. The van der Waals surface area contributed by atoms with Gasteiger partial charge in [0.2, 0.25) is 0 Å². The maximum atomic E-state index is 13.1. The van der Waals surface area contributed by atoms with Gasteiger partial charge in [-0.25, -0.2) is 0 Å². The van der Waals surface area contributed by atoms with Crippen LogP contribution in [0.5, 0.6) is 0 Å². The number of hydrogen-bond donors (Lipinski definition) is 3. The zero-order valence-electron chi connectivity index (χ0n) is 14.5. The van der Waals surface area contributed by atoms with E-state index in [-0.39, 0.29) is 17.9 Å². The van der Waals surface area contributed by atoms with Crippen LogP contribution in [-0.2, 0) is 0 Å². The second-order valence-electron chi connectivity index (χ2n) is 6.65. The molecule has 2 atom stereocenters. The van der Waals surface area contributed by atoms with Gasteiger partial charge in [0.1, 0.15) is 17.2 Å². The average Bonchev–Trinajstić information content (AvgIpc) is 3.33. The molecule has 1 aliphatic rings. The summed E-state index contributed by atoms with van der Waals surface area (Å²) in [5, 5.41) is 6.83. The van der Waals surface area contributed by atoms with E-state index in [0.29, 0.717) is 30.2 Å². The molecule has 1 aromatic carbocycles. The van der Waals surface area contributed by atoms with Crippen molar-refractivity contribution in [1.82, 2.24) is 15.1 Å². The highest BCUT2D eigenvalue weighted by molar-refractivity contribution is 6.01. The third-order valence-electron chi connectivity index (χ3n) is 4.85. The van der Waals surface area contributed by atoms with E-state index in [1.165, 1.54) is 0 Å². The van der Waals surface area contributed by atoms with Crippen LogP contribution in [0.1, 0.15) is 27.9 Å². The molecule has 7 nitrogen and oxygen atoms in total. The second-order valence-corrected chi connectivity index (χ2v) is 6.65. The Labute approximate surface area is 151 Å². The molecule has 0 spiro atoms. The lowest BCUT2D eigenvalue weighted by molar-refractivity contribution is 0.0783. The van der Waals surface area contributed by atoms with Crippen LogP contribution in [0.4, 0.5) is 5.82 Å². The highest BCUT2D eigenvalue weighted by atomic mass is 16.3. The van der Waals surface area contributed by atoms with Crippen molar-refractivity contribution in [3.05, 3.63) is 59.7 Å². The average molecular weight is 351 g/mol. The molecule has 1 saturated heterocycles. The fourth-order valence-corrected chi connectivity index (χ4v) is 3.51. The van der Waals surface area contributed by atoms with Gasteiger partial charge < -0.3 is 20.8 Å². The topological polar surface area (TPSA) is 114 Å². The summed E-state index contributed by atoms with van der Waals surface area (Å²) in [6, 6.07) is 13.2. The lowest BCUT2D eigenvalue weighted by atomic mass is 10.0. The van der Waals surface area contributed by atoms with Gasteiger partial charge in [0.25, 0.3) is 5.91 Å². The molecule has 3 heterocycles. The van der Waals surface area contributed by atoms with E-state index in [4.69, 9.17) is 15.9 Å². The van der Waals surface area contributed by atoms with Crippen LogP contribution in [0, 0.1) is 6.92 Å².